The number of rotatable bonds is 13. The maximum atomic E-state index is 5.52. The van der Waals surface area contributed by atoms with Crippen molar-refractivity contribution in [2.75, 3.05) is 39.8 Å². The molecule has 0 aromatic heterocycles. The lowest BCUT2D eigenvalue weighted by molar-refractivity contribution is 0.310. The van der Waals surface area contributed by atoms with Gasteiger partial charge in [-0.3, -0.25) is 9.89 Å². The minimum absolute atomic E-state index is 0.877. The van der Waals surface area contributed by atoms with E-state index in [-0.39, 0.29) is 0 Å². The number of allylic oxidation sites excluding steroid dienone is 1. The second-order valence-corrected chi connectivity index (χ2v) is 7.42. The molecule has 1 aromatic rings. The maximum Gasteiger partial charge on any atom is 0.122 e. The Hall–Kier alpha value is -1.30. The van der Waals surface area contributed by atoms with Crippen LogP contribution in [0, 0.1) is 6.92 Å². The van der Waals surface area contributed by atoms with Crippen molar-refractivity contribution in [2.24, 2.45) is 4.99 Å². The molecule has 0 saturated heterocycles. The lowest BCUT2D eigenvalue weighted by Crippen LogP contribution is -2.29. The standard InChI is InChI=1S/C21H35N3OS/c1-7-23-12-9-13-24(8-2)15-21(18(4)22-5)26-16-19-14-17(3)10-11-20(19)25-6/h10-11,14,23H,5,7-9,12-13,15-16H2,1-4,6H3/b21-18-. The summed E-state index contributed by atoms with van der Waals surface area (Å²) in [5.41, 5.74) is 3.50. The highest BCUT2D eigenvalue weighted by Crippen LogP contribution is 2.30. The highest BCUT2D eigenvalue weighted by molar-refractivity contribution is 8.02. The Morgan fingerprint density at radius 3 is 2.73 bits per heavy atom. The van der Waals surface area contributed by atoms with Crippen LogP contribution < -0.4 is 10.1 Å². The molecule has 0 saturated carbocycles. The second kappa shape index (κ2) is 13.0. The molecule has 0 heterocycles. The van der Waals surface area contributed by atoms with Gasteiger partial charge >= 0.3 is 0 Å². The van der Waals surface area contributed by atoms with Crippen LogP contribution in [0.3, 0.4) is 0 Å². The van der Waals surface area contributed by atoms with Gasteiger partial charge in [0, 0.05) is 28.5 Å². The molecule has 26 heavy (non-hydrogen) atoms. The average Bonchev–Trinajstić information content (AvgIpc) is 2.66. The minimum atomic E-state index is 0.877. The normalized spacial score (nSPS) is 12.2. The van der Waals surface area contributed by atoms with E-state index in [4.69, 9.17) is 4.74 Å². The molecule has 146 valence electrons. The molecule has 5 heteroatoms. The highest BCUT2D eigenvalue weighted by Gasteiger charge is 2.12. The van der Waals surface area contributed by atoms with E-state index in [1.807, 2.05) is 17.8 Å². The molecule has 1 aromatic carbocycles. The van der Waals surface area contributed by atoms with Gasteiger partial charge in [0.2, 0.25) is 0 Å². The summed E-state index contributed by atoms with van der Waals surface area (Å²) in [7, 11) is 1.73. The molecule has 4 nitrogen and oxygen atoms in total. The molecule has 0 aliphatic carbocycles. The Labute approximate surface area is 164 Å². The van der Waals surface area contributed by atoms with E-state index in [2.05, 4.69) is 61.8 Å². The monoisotopic (exact) mass is 377 g/mol. The van der Waals surface area contributed by atoms with Gasteiger partial charge < -0.3 is 10.1 Å². The van der Waals surface area contributed by atoms with Crippen molar-refractivity contribution in [3.8, 4) is 5.75 Å². The van der Waals surface area contributed by atoms with Crippen LogP contribution in [0.1, 0.15) is 38.3 Å². The molecule has 0 spiro atoms. The molecule has 0 bridgehead atoms. The first-order valence-electron chi connectivity index (χ1n) is 9.41. The van der Waals surface area contributed by atoms with Gasteiger partial charge in [0.15, 0.2) is 0 Å². The summed E-state index contributed by atoms with van der Waals surface area (Å²) >= 11 is 1.84. The van der Waals surface area contributed by atoms with Crippen molar-refractivity contribution in [3.63, 3.8) is 0 Å². The SMILES string of the molecule is C=N/C(C)=C(/CN(CC)CCCNCC)SCc1cc(C)ccc1OC. The number of thioether (sulfide) groups is 1. The summed E-state index contributed by atoms with van der Waals surface area (Å²) < 4.78 is 5.52. The van der Waals surface area contributed by atoms with Crippen LogP contribution in [0.4, 0.5) is 0 Å². The Balaban J connectivity index is 2.76. The molecule has 0 aliphatic heterocycles. The van der Waals surface area contributed by atoms with Crippen LogP contribution in [0.5, 0.6) is 5.75 Å². The van der Waals surface area contributed by atoms with Gasteiger partial charge in [0.05, 0.1) is 7.11 Å². The number of hydrogen-bond donors (Lipinski definition) is 1. The highest BCUT2D eigenvalue weighted by atomic mass is 32.2. The van der Waals surface area contributed by atoms with Gasteiger partial charge in [-0.15, -0.1) is 11.8 Å². The Bertz CT molecular complexity index is 587. The summed E-state index contributed by atoms with van der Waals surface area (Å²) in [6.45, 7) is 17.4. The molecular formula is C21H35N3OS. The zero-order chi connectivity index (χ0) is 19.4. The third-order valence-electron chi connectivity index (χ3n) is 4.37. The van der Waals surface area contributed by atoms with Crippen molar-refractivity contribution in [1.29, 1.82) is 0 Å². The van der Waals surface area contributed by atoms with Crippen molar-refractivity contribution in [3.05, 3.63) is 39.9 Å². The van der Waals surface area contributed by atoms with Gasteiger partial charge in [-0.1, -0.05) is 31.5 Å². The Morgan fingerprint density at radius 1 is 1.35 bits per heavy atom. The molecule has 0 amide bonds. The number of likely N-dealkylation sites (N-methyl/N-ethyl adjacent to an activating group) is 1. The van der Waals surface area contributed by atoms with E-state index in [0.29, 0.717) is 0 Å². The third-order valence-corrected chi connectivity index (χ3v) is 5.60. The predicted molar refractivity (Wildman–Crippen MR) is 117 cm³/mol. The predicted octanol–water partition coefficient (Wildman–Crippen LogP) is 4.49. The molecule has 0 aliphatic rings. The maximum absolute atomic E-state index is 5.52. The van der Waals surface area contributed by atoms with Crippen LogP contribution >= 0.6 is 11.8 Å². The number of nitrogens with one attached hydrogen (secondary N) is 1. The number of methoxy groups -OCH3 is 1. The van der Waals surface area contributed by atoms with Crippen molar-refractivity contribution >= 4 is 18.5 Å². The topological polar surface area (TPSA) is 36.9 Å². The first-order chi connectivity index (χ1) is 12.5. The van der Waals surface area contributed by atoms with Crippen LogP contribution in [0.2, 0.25) is 0 Å². The molecule has 0 unspecified atom stereocenters. The summed E-state index contributed by atoms with van der Waals surface area (Å²) in [5.74, 6) is 1.83. The van der Waals surface area contributed by atoms with Crippen molar-refractivity contribution in [2.45, 2.75) is 39.9 Å². The van der Waals surface area contributed by atoms with E-state index in [1.54, 1.807) is 7.11 Å². The van der Waals surface area contributed by atoms with Gasteiger partial charge in [-0.25, -0.2) is 0 Å². The van der Waals surface area contributed by atoms with Crippen molar-refractivity contribution in [1.82, 2.24) is 10.2 Å². The third kappa shape index (κ3) is 7.94. The summed E-state index contributed by atoms with van der Waals surface area (Å²) in [4.78, 5) is 7.96. The summed E-state index contributed by atoms with van der Waals surface area (Å²) in [5, 5.41) is 3.39. The quantitative estimate of drug-likeness (QED) is 0.406. The lowest BCUT2D eigenvalue weighted by Gasteiger charge is -2.23. The zero-order valence-electron chi connectivity index (χ0n) is 17.1. The van der Waals surface area contributed by atoms with Gasteiger partial charge in [0.1, 0.15) is 5.75 Å². The number of aryl methyl sites for hydroxylation is 1. The molecular weight excluding hydrogens is 342 g/mol. The fourth-order valence-electron chi connectivity index (χ4n) is 2.69. The van der Waals surface area contributed by atoms with Crippen LogP contribution in [0.25, 0.3) is 0 Å². The minimum Gasteiger partial charge on any atom is -0.496 e. The molecule has 0 radical (unpaired) electrons. The Kier molecular flexibility index (Phi) is 11.3. The van der Waals surface area contributed by atoms with Gasteiger partial charge in [-0.05, 0) is 59.2 Å². The summed E-state index contributed by atoms with van der Waals surface area (Å²) in [6.07, 6.45) is 1.16. The Morgan fingerprint density at radius 2 is 2.12 bits per heavy atom. The second-order valence-electron chi connectivity index (χ2n) is 6.35. The van der Waals surface area contributed by atoms with E-state index < -0.39 is 0 Å². The number of aliphatic imine (C=N–C) groups is 1. The van der Waals surface area contributed by atoms with Crippen LogP contribution in [0.15, 0.2) is 33.8 Å². The molecule has 0 fully saturated rings. The largest absolute Gasteiger partial charge is 0.496 e. The average molecular weight is 378 g/mol. The number of benzene rings is 1. The van der Waals surface area contributed by atoms with E-state index in [1.165, 1.54) is 16.0 Å². The zero-order valence-corrected chi connectivity index (χ0v) is 17.9. The lowest BCUT2D eigenvalue weighted by atomic mass is 10.1. The van der Waals surface area contributed by atoms with Crippen molar-refractivity contribution < 1.29 is 4.74 Å². The van der Waals surface area contributed by atoms with Crippen LogP contribution in [-0.2, 0) is 5.75 Å². The smallest absolute Gasteiger partial charge is 0.122 e. The molecule has 1 rings (SSSR count). The van der Waals surface area contributed by atoms with E-state index >= 15 is 0 Å². The number of nitrogens with zero attached hydrogens (tertiary/aromatic N) is 2. The fraction of sp³-hybridized carbons (Fsp3) is 0.571. The first-order valence-corrected chi connectivity index (χ1v) is 10.4. The van der Waals surface area contributed by atoms with Crippen LogP contribution in [-0.4, -0.2) is 51.5 Å². The van der Waals surface area contributed by atoms with E-state index in [9.17, 15) is 0 Å². The van der Waals surface area contributed by atoms with E-state index in [0.717, 1.165) is 56.3 Å². The number of ether oxygens (including phenoxy) is 1. The van der Waals surface area contributed by atoms with Gasteiger partial charge in [0.25, 0.3) is 0 Å². The number of hydrogen-bond acceptors (Lipinski definition) is 5. The molecule has 0 atom stereocenters. The fourth-order valence-corrected chi connectivity index (χ4v) is 3.80. The van der Waals surface area contributed by atoms with Gasteiger partial charge in [-0.2, -0.15) is 0 Å². The summed E-state index contributed by atoms with van der Waals surface area (Å²) in [6, 6.07) is 6.34. The molecule has 1 N–H and O–H groups in total. The first kappa shape index (κ1) is 22.7.